The second-order valence-corrected chi connectivity index (χ2v) is 18.1. The van der Waals surface area contributed by atoms with E-state index in [4.69, 9.17) is 14.2 Å². The fourth-order valence-electron chi connectivity index (χ4n) is 7.04. The lowest BCUT2D eigenvalue weighted by Gasteiger charge is -2.34. The van der Waals surface area contributed by atoms with Crippen molar-refractivity contribution in [3.63, 3.8) is 0 Å². The first kappa shape index (κ1) is 61.2. The van der Waals surface area contributed by atoms with Crippen LogP contribution >= 0.6 is 0 Å². The van der Waals surface area contributed by atoms with Gasteiger partial charge < -0.3 is 28.6 Å². The van der Waals surface area contributed by atoms with E-state index in [0.29, 0.717) is 12.8 Å². The number of aliphatic carboxylic acids is 1. The van der Waals surface area contributed by atoms with E-state index < -0.39 is 18.1 Å². The molecule has 0 fully saturated rings. The van der Waals surface area contributed by atoms with Gasteiger partial charge in [-0.15, -0.1) is 0 Å². The summed E-state index contributed by atoms with van der Waals surface area (Å²) in [5, 5.41) is 11.7. The van der Waals surface area contributed by atoms with Crippen LogP contribution in [0.2, 0.25) is 0 Å². The number of hydrogen-bond donors (Lipinski definition) is 0. The number of carbonyl (C=O) groups excluding carboxylic acids is 3. The van der Waals surface area contributed by atoms with Gasteiger partial charge in [-0.25, -0.2) is 0 Å². The Labute approximate surface area is 398 Å². The minimum Gasteiger partial charge on any atom is -0.544 e. The summed E-state index contributed by atoms with van der Waals surface area (Å²) in [7, 11) is 5.40. The van der Waals surface area contributed by atoms with Gasteiger partial charge in [0.2, 0.25) is 0 Å². The Hall–Kier alpha value is -3.75. The molecule has 0 aromatic rings. The van der Waals surface area contributed by atoms with Crippen molar-refractivity contribution >= 4 is 17.9 Å². The van der Waals surface area contributed by atoms with Crippen molar-refractivity contribution in [2.75, 3.05) is 41.0 Å². The number of carboxylic acid groups (broad SMARTS) is 1. The molecule has 0 bridgehead atoms. The summed E-state index contributed by atoms with van der Waals surface area (Å²) < 4.78 is 17.2. The van der Waals surface area contributed by atoms with Crippen LogP contribution in [0.3, 0.4) is 0 Å². The Bertz CT molecular complexity index is 1380. The van der Waals surface area contributed by atoms with Crippen LogP contribution in [0.1, 0.15) is 194 Å². The van der Waals surface area contributed by atoms with Gasteiger partial charge in [0.25, 0.3) is 0 Å². The first-order valence-corrected chi connectivity index (χ1v) is 25.8. The van der Waals surface area contributed by atoms with Crippen molar-refractivity contribution in [1.29, 1.82) is 0 Å². The molecule has 0 spiro atoms. The van der Waals surface area contributed by atoms with Crippen LogP contribution in [0, 0.1) is 0 Å². The molecule has 0 aliphatic rings. The lowest BCUT2D eigenvalue weighted by molar-refractivity contribution is -0.889. The topological polar surface area (TPSA) is 102 Å². The van der Waals surface area contributed by atoms with Crippen LogP contribution < -0.4 is 5.11 Å². The van der Waals surface area contributed by atoms with Crippen molar-refractivity contribution in [3.05, 3.63) is 97.2 Å². The molecule has 0 aromatic heterocycles. The molecular weight excluding hydrogens is 811 g/mol. The number of hydrogen-bond acceptors (Lipinski definition) is 7. The molecule has 0 heterocycles. The van der Waals surface area contributed by atoms with E-state index in [9.17, 15) is 19.5 Å². The largest absolute Gasteiger partial charge is 0.544 e. The van der Waals surface area contributed by atoms with E-state index in [2.05, 4.69) is 111 Å². The van der Waals surface area contributed by atoms with Gasteiger partial charge >= 0.3 is 11.9 Å². The molecule has 0 amide bonds. The highest BCUT2D eigenvalue weighted by atomic mass is 16.6. The number of quaternary nitrogens is 1. The molecule has 0 aromatic carbocycles. The Balaban J connectivity index is 4.33. The van der Waals surface area contributed by atoms with Crippen LogP contribution in [-0.2, 0) is 28.6 Å². The summed E-state index contributed by atoms with van der Waals surface area (Å²) in [6, 6.07) is -0.738. The number of allylic oxidation sites excluding steroid dienone is 16. The fraction of sp³-hybridized carbons (Fsp3) is 0.667. The highest BCUT2D eigenvalue weighted by molar-refractivity contribution is 5.70. The van der Waals surface area contributed by atoms with E-state index in [1.165, 1.54) is 51.4 Å². The molecule has 0 saturated heterocycles. The van der Waals surface area contributed by atoms with E-state index in [1.807, 2.05) is 0 Å². The highest BCUT2D eigenvalue weighted by Crippen LogP contribution is 2.14. The van der Waals surface area contributed by atoms with E-state index in [-0.39, 0.29) is 42.7 Å². The van der Waals surface area contributed by atoms with Crippen LogP contribution in [0.5, 0.6) is 0 Å². The van der Waals surface area contributed by atoms with Crippen molar-refractivity contribution < 1.29 is 38.2 Å². The second kappa shape index (κ2) is 46.8. The number of esters is 2. The molecule has 0 N–H and O–H groups in total. The van der Waals surface area contributed by atoms with Gasteiger partial charge in [0.15, 0.2) is 6.10 Å². The maximum Gasteiger partial charge on any atom is 0.306 e. The van der Waals surface area contributed by atoms with Gasteiger partial charge in [-0.1, -0.05) is 188 Å². The Morgan fingerprint density at radius 2 is 0.923 bits per heavy atom. The molecule has 2 atom stereocenters. The standard InChI is InChI=1S/C57H95NO7/c1-6-8-10-12-14-16-18-20-22-24-26-27-28-29-30-32-34-36-38-40-42-44-46-48-56(60)65-53(51-63-50-49-54(57(61)62)58(3,4)5)52-64-55(59)47-45-43-41-39-37-35-33-31-25-23-21-19-17-15-13-11-9-7-2/h8,10,14,16,19-23,25-27,29-31,33,53-54H,6-7,9,11-13,15,17-18,24,28,32,34-52H2,1-5H3/b10-8+,16-14+,21-19+,22-20+,25-23+,27-26+,30-29+,33-31+. The molecule has 0 rings (SSSR count). The third kappa shape index (κ3) is 45.2. The highest BCUT2D eigenvalue weighted by Gasteiger charge is 2.25. The van der Waals surface area contributed by atoms with Gasteiger partial charge in [-0.3, -0.25) is 9.59 Å². The summed E-state index contributed by atoms with van der Waals surface area (Å²) in [4.78, 5) is 37.1. The van der Waals surface area contributed by atoms with Gasteiger partial charge in [0.05, 0.1) is 40.3 Å². The number of carbonyl (C=O) groups is 3. The zero-order valence-electron chi connectivity index (χ0n) is 42.1. The molecule has 0 saturated carbocycles. The quantitative estimate of drug-likeness (QED) is 0.0197. The average molecular weight is 906 g/mol. The minimum absolute atomic E-state index is 0.0235. The van der Waals surface area contributed by atoms with Crippen molar-refractivity contribution in [2.45, 2.75) is 206 Å². The number of rotatable bonds is 45. The fourth-order valence-corrected chi connectivity index (χ4v) is 7.04. The average Bonchev–Trinajstić information content (AvgIpc) is 3.27. The molecule has 0 radical (unpaired) electrons. The maximum atomic E-state index is 12.8. The van der Waals surface area contributed by atoms with E-state index in [1.54, 1.807) is 21.1 Å². The SMILES string of the molecule is CC/C=C/C/C=C/C/C=C/C/C=C/C/C=C/CCCCCCCCCC(=O)OC(COCCC(C(=O)[O-])[N+](C)(C)C)COC(=O)CCCCCCC/C=C/C=C/C=C/CCCCCCC. The van der Waals surface area contributed by atoms with Gasteiger partial charge in [0.1, 0.15) is 12.6 Å². The second-order valence-electron chi connectivity index (χ2n) is 18.1. The number of nitrogens with zero attached hydrogens (tertiary/aromatic N) is 1. The zero-order valence-corrected chi connectivity index (χ0v) is 42.1. The van der Waals surface area contributed by atoms with Gasteiger partial charge in [0, 0.05) is 19.3 Å². The maximum absolute atomic E-state index is 12.8. The minimum atomic E-state index is -1.13. The van der Waals surface area contributed by atoms with Crippen LogP contribution in [0.15, 0.2) is 97.2 Å². The molecular formula is C57H95NO7. The van der Waals surface area contributed by atoms with Crippen LogP contribution in [0.4, 0.5) is 0 Å². The number of ether oxygens (including phenoxy) is 3. The van der Waals surface area contributed by atoms with Crippen molar-refractivity contribution in [2.24, 2.45) is 0 Å². The summed E-state index contributed by atoms with van der Waals surface area (Å²) in [5.74, 6) is -1.78. The van der Waals surface area contributed by atoms with Gasteiger partial charge in [-0.05, 0) is 83.5 Å². The third-order valence-corrected chi connectivity index (χ3v) is 11.0. The molecule has 2 unspecified atom stereocenters. The lowest BCUT2D eigenvalue weighted by Crippen LogP contribution is -2.55. The smallest absolute Gasteiger partial charge is 0.306 e. The summed E-state index contributed by atoms with van der Waals surface area (Å²) in [6.07, 6.45) is 62.9. The molecule has 65 heavy (non-hydrogen) atoms. The summed E-state index contributed by atoms with van der Waals surface area (Å²) in [6.45, 7) is 4.49. The molecule has 0 aliphatic carbocycles. The van der Waals surface area contributed by atoms with E-state index in [0.717, 1.165) is 109 Å². The zero-order chi connectivity index (χ0) is 47.7. The monoisotopic (exact) mass is 906 g/mol. The first-order valence-electron chi connectivity index (χ1n) is 25.8. The molecule has 8 nitrogen and oxygen atoms in total. The van der Waals surface area contributed by atoms with Crippen LogP contribution in [0.25, 0.3) is 0 Å². The Morgan fingerprint density at radius 1 is 0.492 bits per heavy atom. The Kier molecular flexibility index (Phi) is 44.1. The van der Waals surface area contributed by atoms with Gasteiger partial charge in [-0.2, -0.15) is 0 Å². The molecule has 370 valence electrons. The Morgan fingerprint density at radius 3 is 1.40 bits per heavy atom. The summed E-state index contributed by atoms with van der Waals surface area (Å²) in [5.41, 5.74) is 0. The third-order valence-electron chi connectivity index (χ3n) is 11.0. The lowest BCUT2D eigenvalue weighted by atomic mass is 10.1. The summed E-state index contributed by atoms with van der Waals surface area (Å²) >= 11 is 0. The predicted octanol–water partition coefficient (Wildman–Crippen LogP) is 13.7. The predicted molar refractivity (Wildman–Crippen MR) is 272 cm³/mol. The first-order chi connectivity index (χ1) is 31.6. The normalized spacial score (nSPS) is 13.7. The number of likely N-dealkylation sites (N-methyl/N-ethyl adjacent to an activating group) is 1. The molecule has 8 heteroatoms. The van der Waals surface area contributed by atoms with Crippen LogP contribution in [-0.4, -0.2) is 75.5 Å². The number of carboxylic acids is 1. The molecule has 0 aliphatic heterocycles. The van der Waals surface area contributed by atoms with Crippen molar-refractivity contribution in [3.8, 4) is 0 Å². The van der Waals surface area contributed by atoms with Crippen molar-refractivity contribution in [1.82, 2.24) is 0 Å². The van der Waals surface area contributed by atoms with E-state index >= 15 is 0 Å². The number of unbranched alkanes of at least 4 members (excludes halogenated alkanes) is 17.